The van der Waals surface area contributed by atoms with Crippen molar-refractivity contribution in [1.82, 2.24) is 9.80 Å². The van der Waals surface area contributed by atoms with Gasteiger partial charge in [-0.1, -0.05) is 24.3 Å². The lowest BCUT2D eigenvalue weighted by atomic mass is 10.0. The highest BCUT2D eigenvalue weighted by Gasteiger charge is 2.41. The van der Waals surface area contributed by atoms with Crippen molar-refractivity contribution in [2.24, 2.45) is 5.92 Å². The van der Waals surface area contributed by atoms with Crippen LogP contribution in [0.1, 0.15) is 23.1 Å². The molecule has 1 aliphatic rings. The number of hydrogen-bond acceptors (Lipinski definition) is 3. The van der Waals surface area contributed by atoms with Gasteiger partial charge in [-0.3, -0.25) is 9.59 Å². The second kappa shape index (κ2) is 9.16. The third-order valence-electron chi connectivity index (χ3n) is 4.96. The molecular weight excluding hydrogens is 414 g/mol. The smallest absolute Gasteiger partial charge is 0.334 e. The molecule has 5 nitrogen and oxygen atoms in total. The molecule has 2 amide bonds. The van der Waals surface area contributed by atoms with Crippen molar-refractivity contribution in [3.8, 4) is 6.07 Å². The minimum absolute atomic E-state index is 0.0283. The van der Waals surface area contributed by atoms with E-state index in [1.54, 1.807) is 30.3 Å². The molecule has 162 valence electrons. The van der Waals surface area contributed by atoms with Gasteiger partial charge in [0.15, 0.2) is 0 Å². The lowest BCUT2D eigenvalue weighted by Crippen LogP contribution is -2.38. The van der Waals surface area contributed by atoms with Gasteiger partial charge in [-0.15, -0.1) is 0 Å². The number of nitrogens with zero attached hydrogens (tertiary/aromatic N) is 3. The number of benzene rings is 2. The number of carbonyl (C=O) groups excluding carboxylic acids is 2. The van der Waals surface area contributed by atoms with Crippen LogP contribution in [0.15, 0.2) is 48.5 Å². The molecule has 1 fully saturated rings. The predicted molar refractivity (Wildman–Crippen MR) is 103 cm³/mol. The Labute approximate surface area is 176 Å². The van der Waals surface area contributed by atoms with Crippen LogP contribution in [0.4, 0.5) is 17.6 Å². The summed E-state index contributed by atoms with van der Waals surface area (Å²) < 4.78 is 51.7. The van der Waals surface area contributed by atoms with Crippen LogP contribution in [0.3, 0.4) is 0 Å². The molecule has 0 saturated carbocycles. The van der Waals surface area contributed by atoms with Gasteiger partial charge in [-0.05, 0) is 35.4 Å². The Morgan fingerprint density at radius 1 is 1.13 bits per heavy atom. The lowest BCUT2D eigenvalue weighted by Gasteiger charge is -2.26. The van der Waals surface area contributed by atoms with Crippen molar-refractivity contribution in [3.63, 3.8) is 0 Å². The Morgan fingerprint density at radius 2 is 1.81 bits per heavy atom. The molecule has 1 unspecified atom stereocenters. The van der Waals surface area contributed by atoms with Crippen LogP contribution in [0, 0.1) is 23.1 Å². The number of amides is 2. The van der Waals surface area contributed by atoms with Crippen LogP contribution < -0.4 is 0 Å². The van der Waals surface area contributed by atoms with E-state index in [1.165, 1.54) is 23.1 Å². The van der Waals surface area contributed by atoms with Crippen LogP contribution in [-0.4, -0.2) is 40.9 Å². The minimum atomic E-state index is -4.54. The Balaban J connectivity index is 1.80. The van der Waals surface area contributed by atoms with Crippen molar-refractivity contribution >= 4 is 11.8 Å². The van der Waals surface area contributed by atoms with Gasteiger partial charge in [0.2, 0.25) is 11.8 Å². The van der Waals surface area contributed by atoms with Gasteiger partial charge < -0.3 is 9.80 Å². The highest BCUT2D eigenvalue weighted by Crippen LogP contribution is 2.26. The molecule has 1 heterocycles. The first kappa shape index (κ1) is 22.3. The number of likely N-dealkylation sites (tertiary alicyclic amines) is 1. The highest BCUT2D eigenvalue weighted by atomic mass is 19.4. The summed E-state index contributed by atoms with van der Waals surface area (Å²) in [5.74, 6) is -2.59. The molecule has 31 heavy (non-hydrogen) atoms. The zero-order valence-electron chi connectivity index (χ0n) is 16.4. The van der Waals surface area contributed by atoms with Gasteiger partial charge in [0.25, 0.3) is 0 Å². The van der Waals surface area contributed by atoms with Crippen LogP contribution >= 0.6 is 0 Å². The summed E-state index contributed by atoms with van der Waals surface area (Å²) in [6.45, 7) is -1.58. The van der Waals surface area contributed by atoms with E-state index >= 15 is 0 Å². The molecule has 2 aromatic rings. The summed E-state index contributed by atoms with van der Waals surface area (Å²) in [6.07, 6.45) is -4.85. The summed E-state index contributed by atoms with van der Waals surface area (Å²) >= 11 is 0. The number of hydrogen-bond donors (Lipinski definition) is 0. The van der Waals surface area contributed by atoms with Crippen LogP contribution in [-0.2, 0) is 22.7 Å². The first-order chi connectivity index (χ1) is 14.6. The van der Waals surface area contributed by atoms with Crippen LogP contribution in [0.2, 0.25) is 0 Å². The fourth-order valence-corrected chi connectivity index (χ4v) is 3.54. The van der Waals surface area contributed by atoms with Gasteiger partial charge in [0.05, 0.1) is 17.6 Å². The normalized spacial score (nSPS) is 16.3. The van der Waals surface area contributed by atoms with E-state index in [4.69, 9.17) is 5.26 Å². The van der Waals surface area contributed by atoms with Gasteiger partial charge in [-0.2, -0.15) is 18.4 Å². The standard InChI is InChI=1S/C22H19F4N3O2/c23-19-3-1-2-17(8-19)12-28(11-16-6-4-15(10-27)5-7-16)21(31)18-9-20(30)29(13-18)14-22(24,25)26/h1-8,18H,9,11-14H2. The minimum Gasteiger partial charge on any atom is -0.334 e. The fraction of sp³-hybridized carbons (Fsp3) is 0.318. The second-order valence-electron chi connectivity index (χ2n) is 7.42. The van der Waals surface area contributed by atoms with Crippen LogP contribution in [0.5, 0.6) is 0 Å². The van der Waals surface area contributed by atoms with Crippen molar-refractivity contribution in [1.29, 1.82) is 5.26 Å². The monoisotopic (exact) mass is 433 g/mol. The predicted octanol–water partition coefficient (Wildman–Crippen LogP) is 3.64. The van der Waals surface area contributed by atoms with Gasteiger partial charge >= 0.3 is 6.18 Å². The van der Waals surface area contributed by atoms with E-state index < -0.39 is 36.3 Å². The first-order valence-corrected chi connectivity index (χ1v) is 9.51. The topological polar surface area (TPSA) is 64.4 Å². The highest BCUT2D eigenvalue weighted by molar-refractivity contribution is 5.89. The largest absolute Gasteiger partial charge is 0.406 e. The summed E-state index contributed by atoms with van der Waals surface area (Å²) in [6, 6.07) is 14.2. The summed E-state index contributed by atoms with van der Waals surface area (Å²) in [7, 11) is 0. The summed E-state index contributed by atoms with van der Waals surface area (Å²) in [5, 5.41) is 8.93. The van der Waals surface area contributed by atoms with Crippen molar-refractivity contribution in [2.45, 2.75) is 25.7 Å². The molecule has 0 aromatic heterocycles. The zero-order chi connectivity index (χ0) is 22.6. The quantitative estimate of drug-likeness (QED) is 0.654. The SMILES string of the molecule is N#Cc1ccc(CN(Cc2cccc(F)c2)C(=O)C2CC(=O)N(CC(F)(F)F)C2)cc1. The Kier molecular flexibility index (Phi) is 6.59. The van der Waals surface area contributed by atoms with E-state index in [1.807, 2.05) is 6.07 Å². The van der Waals surface area contributed by atoms with Gasteiger partial charge in [-0.25, -0.2) is 4.39 Å². The molecule has 0 N–H and O–H groups in total. The number of halogens is 4. The maximum absolute atomic E-state index is 13.6. The number of rotatable bonds is 6. The maximum atomic E-state index is 13.6. The molecule has 1 saturated heterocycles. The Hall–Kier alpha value is -3.41. The molecule has 3 rings (SSSR count). The summed E-state index contributed by atoms with van der Waals surface area (Å²) in [4.78, 5) is 27.2. The van der Waals surface area contributed by atoms with Crippen LogP contribution in [0.25, 0.3) is 0 Å². The molecule has 0 bridgehead atoms. The van der Waals surface area contributed by atoms with E-state index in [0.29, 0.717) is 21.6 Å². The average Bonchev–Trinajstić information content (AvgIpc) is 3.06. The molecule has 9 heteroatoms. The fourth-order valence-electron chi connectivity index (χ4n) is 3.54. The summed E-state index contributed by atoms with van der Waals surface area (Å²) in [5.41, 5.74) is 1.65. The van der Waals surface area contributed by atoms with Gasteiger partial charge in [0, 0.05) is 26.1 Å². The molecule has 2 aromatic carbocycles. The molecule has 1 atom stereocenters. The molecule has 0 spiro atoms. The molecule has 0 aliphatic carbocycles. The first-order valence-electron chi connectivity index (χ1n) is 9.51. The number of alkyl halides is 3. The van der Waals surface area contributed by atoms with E-state index in [9.17, 15) is 27.2 Å². The van der Waals surface area contributed by atoms with Crippen molar-refractivity contribution in [3.05, 3.63) is 71.0 Å². The van der Waals surface area contributed by atoms with E-state index in [0.717, 1.165) is 0 Å². The van der Waals surface area contributed by atoms with E-state index in [2.05, 4.69) is 0 Å². The van der Waals surface area contributed by atoms with Gasteiger partial charge in [0.1, 0.15) is 12.4 Å². The number of carbonyl (C=O) groups is 2. The average molecular weight is 433 g/mol. The number of nitriles is 1. The Bertz CT molecular complexity index is 999. The maximum Gasteiger partial charge on any atom is 0.406 e. The zero-order valence-corrected chi connectivity index (χ0v) is 16.4. The Morgan fingerprint density at radius 3 is 2.42 bits per heavy atom. The van der Waals surface area contributed by atoms with Crippen molar-refractivity contribution < 1.29 is 27.2 Å². The molecule has 0 radical (unpaired) electrons. The third kappa shape index (κ3) is 6.04. The molecule has 1 aliphatic heterocycles. The van der Waals surface area contributed by atoms with E-state index in [-0.39, 0.29) is 26.1 Å². The van der Waals surface area contributed by atoms with Crippen molar-refractivity contribution in [2.75, 3.05) is 13.1 Å². The molecular formula is C22H19F4N3O2. The lowest BCUT2D eigenvalue weighted by molar-refractivity contribution is -0.157. The second-order valence-corrected chi connectivity index (χ2v) is 7.42. The third-order valence-corrected chi connectivity index (χ3v) is 4.96.